The fourth-order valence-electron chi connectivity index (χ4n) is 12.7. The molecule has 0 aliphatic heterocycles. The molecule has 2 nitrogen and oxygen atoms in total. The first-order valence-corrected chi connectivity index (χ1v) is 36.5. The predicted octanol–water partition coefficient (Wildman–Crippen LogP) is 26.5. The van der Waals surface area contributed by atoms with Crippen molar-refractivity contribution in [2.45, 2.75) is 439 Å². The Labute approximate surface area is 479 Å². The monoisotopic (exact) mass is 1060 g/mol. The van der Waals surface area contributed by atoms with E-state index >= 15 is 0 Å². The minimum Gasteiger partial charge on any atom is -0.400 e. The van der Waals surface area contributed by atoms with E-state index in [0.29, 0.717) is 0 Å². The molecule has 0 unspecified atom stereocenters. The van der Waals surface area contributed by atoms with Gasteiger partial charge in [-0.3, -0.25) is 0 Å². The van der Waals surface area contributed by atoms with Crippen LogP contribution in [0.25, 0.3) is 0 Å². The Hall–Kier alpha value is -0.0800. The van der Waals surface area contributed by atoms with Gasteiger partial charge in [0.2, 0.25) is 0 Å². The fourth-order valence-corrected chi connectivity index (χ4v) is 12.7. The first-order valence-electron chi connectivity index (χ1n) is 36.5. The Morgan fingerprint density at radius 3 is 0.307 bits per heavy atom. The van der Waals surface area contributed by atoms with E-state index in [4.69, 9.17) is 5.11 Å². The molecule has 0 amide bonds. The van der Waals surface area contributed by atoms with Crippen LogP contribution in [0.15, 0.2) is 0 Å². The van der Waals surface area contributed by atoms with E-state index in [2.05, 4.69) is 27.7 Å². The Balaban J connectivity index is 0. The number of rotatable bonds is 68. The Kier molecular flexibility index (Phi) is 73.8. The van der Waals surface area contributed by atoms with Crippen LogP contribution in [0.2, 0.25) is 0 Å². The highest BCUT2D eigenvalue weighted by molar-refractivity contribution is 4.58. The molecule has 0 aliphatic carbocycles. The van der Waals surface area contributed by atoms with Gasteiger partial charge in [-0.1, -0.05) is 387 Å². The van der Waals surface area contributed by atoms with Gasteiger partial charge in [0.25, 0.3) is 0 Å². The highest BCUT2D eigenvalue weighted by atomic mass is 16.2. The average Bonchev–Trinajstić information content (AvgIpc) is 3.43. The summed E-state index contributed by atoms with van der Waals surface area (Å²) < 4.78 is 1.49. The van der Waals surface area contributed by atoms with Gasteiger partial charge in [0.05, 0.1) is 26.2 Å². The molecule has 75 heavy (non-hydrogen) atoms. The third kappa shape index (κ3) is 66.3. The molecule has 0 aliphatic rings. The van der Waals surface area contributed by atoms with E-state index in [1.54, 1.807) is 0 Å². The van der Waals surface area contributed by atoms with E-state index in [-0.39, 0.29) is 0 Å². The van der Waals surface area contributed by atoms with E-state index in [9.17, 15) is 0 Å². The van der Waals surface area contributed by atoms with Crippen molar-refractivity contribution >= 4 is 0 Å². The van der Waals surface area contributed by atoms with E-state index in [1.165, 1.54) is 442 Å². The lowest BCUT2D eigenvalue weighted by atomic mass is 10.0. The Bertz CT molecular complexity index is 783. The lowest BCUT2D eigenvalue weighted by molar-refractivity contribution is -0.929. The van der Waals surface area contributed by atoms with Crippen molar-refractivity contribution < 1.29 is 9.59 Å². The summed E-state index contributed by atoms with van der Waals surface area (Å²) in [6.45, 7) is 15.3. The van der Waals surface area contributed by atoms with Gasteiger partial charge in [0.15, 0.2) is 0 Å². The third-order valence-corrected chi connectivity index (χ3v) is 17.9. The molecule has 0 bridgehead atoms. The molecule has 0 spiro atoms. The minimum atomic E-state index is 1.00. The van der Waals surface area contributed by atoms with Crippen LogP contribution >= 0.6 is 0 Å². The highest BCUT2D eigenvalue weighted by Gasteiger charge is 2.26. The van der Waals surface area contributed by atoms with Gasteiger partial charge in [0, 0.05) is 7.11 Å². The second kappa shape index (κ2) is 71.9. The largest absolute Gasteiger partial charge is 0.400 e. The van der Waals surface area contributed by atoms with Crippen LogP contribution in [0, 0.1) is 0 Å². The highest BCUT2D eigenvalue weighted by Crippen LogP contribution is 2.23. The number of nitrogens with zero attached hydrogens (tertiary/aromatic N) is 1. The minimum absolute atomic E-state index is 1.00. The fraction of sp³-hybridized carbons (Fsp3) is 1.00. The summed E-state index contributed by atoms with van der Waals surface area (Å²) in [5.41, 5.74) is 0. The van der Waals surface area contributed by atoms with Crippen molar-refractivity contribution in [1.82, 2.24) is 0 Å². The summed E-state index contributed by atoms with van der Waals surface area (Å²) in [6, 6.07) is 0. The summed E-state index contributed by atoms with van der Waals surface area (Å²) >= 11 is 0. The molecule has 0 aromatic carbocycles. The second-order valence-electron chi connectivity index (χ2n) is 25.4. The number of aliphatic hydroxyl groups is 1. The molecule has 0 aromatic heterocycles. The Morgan fingerprint density at radius 2 is 0.213 bits per heavy atom. The van der Waals surface area contributed by atoms with Crippen LogP contribution in [0.1, 0.15) is 439 Å². The zero-order chi connectivity index (χ0) is 54.6. The van der Waals surface area contributed by atoms with Crippen molar-refractivity contribution in [3.63, 3.8) is 0 Å². The zero-order valence-electron chi connectivity index (χ0n) is 54.0. The molecule has 454 valence electrons. The molecule has 2 heteroatoms. The van der Waals surface area contributed by atoms with Crippen LogP contribution in [-0.4, -0.2) is 42.9 Å². The average molecular weight is 1060 g/mol. The molecule has 0 atom stereocenters. The summed E-state index contributed by atoms with van der Waals surface area (Å²) in [7, 11) is 1.00. The van der Waals surface area contributed by atoms with E-state index < -0.39 is 0 Å². The van der Waals surface area contributed by atoms with Crippen LogP contribution in [0.3, 0.4) is 0 Å². The van der Waals surface area contributed by atoms with Crippen LogP contribution < -0.4 is 0 Å². The second-order valence-corrected chi connectivity index (χ2v) is 25.4. The molecule has 0 rings (SSSR count). The summed E-state index contributed by atoms with van der Waals surface area (Å²) in [4.78, 5) is 0. The normalized spacial score (nSPS) is 11.8. The molecule has 0 saturated heterocycles. The van der Waals surface area contributed by atoms with Gasteiger partial charge < -0.3 is 9.59 Å². The Morgan fingerprint density at radius 1 is 0.133 bits per heavy atom. The SMILES string of the molecule is CCCCCCCCCCCCCCCCCC[N+](CCCCCCCCCCCCCCCCCC)(CCCCCCCCCCCCCCCCCC)CCCCCCCCCCCCCCCCCC.CO. The molecule has 1 N–H and O–H groups in total. The van der Waals surface area contributed by atoms with E-state index in [0.717, 1.165) is 7.11 Å². The first-order chi connectivity index (χ1) is 37.2. The maximum atomic E-state index is 7.00. The van der Waals surface area contributed by atoms with Gasteiger partial charge >= 0.3 is 0 Å². The standard InChI is InChI=1S/C72H148N.CH4O/c1-5-9-13-17-21-25-29-33-37-41-45-49-53-57-61-65-69-73(70-66-62-58-54-50-46-42-38-34-30-26-22-18-14-10-6-2,71-67-63-59-55-51-47-43-39-35-31-27-23-19-15-11-7-3)72-68-64-60-56-52-48-44-40-36-32-28-24-20-16-12-8-4;1-2/h5-72H2,1-4H3;2H,1H3/q+1;. The lowest BCUT2D eigenvalue weighted by Crippen LogP contribution is -2.50. The summed E-state index contributed by atoms with van der Waals surface area (Å²) in [6.07, 6.45) is 94.7. The van der Waals surface area contributed by atoms with Gasteiger partial charge in [-0.15, -0.1) is 0 Å². The lowest BCUT2D eigenvalue weighted by Gasteiger charge is -2.40. The number of hydrogen-bond acceptors (Lipinski definition) is 1. The van der Waals surface area contributed by atoms with Gasteiger partial charge in [0.1, 0.15) is 0 Å². The van der Waals surface area contributed by atoms with Crippen LogP contribution in [0.5, 0.6) is 0 Å². The molecule has 0 aromatic rings. The number of hydrogen-bond donors (Lipinski definition) is 1. The molecule has 0 heterocycles. The van der Waals surface area contributed by atoms with Gasteiger partial charge in [-0.05, 0) is 51.4 Å². The summed E-state index contributed by atoms with van der Waals surface area (Å²) in [5, 5.41) is 7.00. The molecule has 0 fully saturated rings. The van der Waals surface area contributed by atoms with Crippen LogP contribution in [-0.2, 0) is 0 Å². The third-order valence-electron chi connectivity index (χ3n) is 17.9. The number of quaternary nitrogens is 1. The predicted molar refractivity (Wildman–Crippen MR) is 346 cm³/mol. The van der Waals surface area contributed by atoms with Crippen molar-refractivity contribution in [3.05, 3.63) is 0 Å². The molecular formula is C73H152NO+. The number of unbranched alkanes of at least 4 members (excludes halogenated alkanes) is 60. The van der Waals surface area contributed by atoms with Crippen molar-refractivity contribution in [2.24, 2.45) is 0 Å². The van der Waals surface area contributed by atoms with Crippen molar-refractivity contribution in [1.29, 1.82) is 0 Å². The van der Waals surface area contributed by atoms with E-state index in [1.807, 2.05) is 0 Å². The molecule has 0 radical (unpaired) electrons. The maximum absolute atomic E-state index is 7.00. The van der Waals surface area contributed by atoms with Crippen LogP contribution in [0.4, 0.5) is 0 Å². The quantitative estimate of drug-likeness (QED) is 0.0475. The zero-order valence-corrected chi connectivity index (χ0v) is 54.0. The maximum Gasteiger partial charge on any atom is 0.0786 e. The van der Waals surface area contributed by atoms with Crippen molar-refractivity contribution in [3.8, 4) is 0 Å². The summed E-state index contributed by atoms with van der Waals surface area (Å²) in [5.74, 6) is 0. The molecular weight excluding hydrogens is 907 g/mol. The smallest absolute Gasteiger partial charge is 0.0786 e. The van der Waals surface area contributed by atoms with Gasteiger partial charge in [-0.2, -0.15) is 0 Å². The first kappa shape index (κ1) is 77.0. The topological polar surface area (TPSA) is 20.2 Å². The van der Waals surface area contributed by atoms with Crippen molar-refractivity contribution in [2.75, 3.05) is 33.3 Å². The van der Waals surface area contributed by atoms with Gasteiger partial charge in [-0.25, -0.2) is 0 Å². The number of aliphatic hydroxyl groups excluding tert-OH is 1. The molecule has 0 saturated carbocycles.